The molecule has 4 rings (SSSR count). The summed E-state index contributed by atoms with van der Waals surface area (Å²) in [5, 5.41) is 8.22. The Labute approximate surface area is 187 Å². The smallest absolute Gasteiger partial charge is 0.308 e. The van der Waals surface area contributed by atoms with E-state index in [1.807, 2.05) is 11.4 Å². The first-order chi connectivity index (χ1) is 14.9. The third-order valence-corrected chi connectivity index (χ3v) is 7.02. The minimum Gasteiger partial charge on any atom is -0.308 e. The van der Waals surface area contributed by atoms with E-state index in [4.69, 9.17) is 0 Å². The lowest BCUT2D eigenvalue weighted by Crippen LogP contribution is -2.19. The number of benzene rings is 1. The SMILES string of the molecule is O=C(Nc1cccc(C(F)(F)F)c1)Nc1ncc(CCSc2ncnc3ccsc23)s1. The van der Waals surface area contributed by atoms with Crippen molar-refractivity contribution in [2.45, 2.75) is 17.6 Å². The predicted molar refractivity (Wildman–Crippen MR) is 118 cm³/mol. The summed E-state index contributed by atoms with van der Waals surface area (Å²) in [4.78, 5) is 25.8. The van der Waals surface area contributed by atoms with Gasteiger partial charge in [-0.3, -0.25) is 5.32 Å². The number of carbonyl (C=O) groups is 1. The summed E-state index contributed by atoms with van der Waals surface area (Å²) in [5.41, 5.74) is 0.145. The van der Waals surface area contributed by atoms with E-state index in [0.29, 0.717) is 5.13 Å². The van der Waals surface area contributed by atoms with Crippen LogP contribution in [0.3, 0.4) is 0 Å². The Morgan fingerprint density at radius 3 is 2.84 bits per heavy atom. The van der Waals surface area contributed by atoms with Crippen molar-refractivity contribution in [1.82, 2.24) is 15.0 Å². The van der Waals surface area contributed by atoms with Gasteiger partial charge < -0.3 is 5.32 Å². The van der Waals surface area contributed by atoms with Gasteiger partial charge in [-0.05, 0) is 36.1 Å². The zero-order valence-corrected chi connectivity index (χ0v) is 18.1. The van der Waals surface area contributed by atoms with Crippen molar-refractivity contribution in [1.29, 1.82) is 0 Å². The molecule has 0 aliphatic rings. The summed E-state index contributed by atoms with van der Waals surface area (Å²) in [5.74, 6) is 0.780. The number of halogens is 3. The number of alkyl halides is 3. The average molecular weight is 482 g/mol. The van der Waals surface area contributed by atoms with Crippen molar-refractivity contribution >= 4 is 61.5 Å². The molecule has 1 aromatic carbocycles. The minimum absolute atomic E-state index is 0.0465. The second-order valence-corrected chi connectivity index (χ2v) is 9.32. The Kier molecular flexibility index (Phi) is 6.39. The number of thioether (sulfide) groups is 1. The number of nitrogens with zero attached hydrogens (tertiary/aromatic N) is 3. The summed E-state index contributed by atoms with van der Waals surface area (Å²) in [7, 11) is 0. The van der Waals surface area contributed by atoms with Gasteiger partial charge in [0.2, 0.25) is 0 Å². The monoisotopic (exact) mass is 481 g/mol. The number of hydrogen-bond acceptors (Lipinski definition) is 7. The van der Waals surface area contributed by atoms with E-state index in [0.717, 1.165) is 44.4 Å². The van der Waals surface area contributed by atoms with Crippen LogP contribution in [0.25, 0.3) is 10.2 Å². The van der Waals surface area contributed by atoms with E-state index in [1.165, 1.54) is 23.5 Å². The van der Waals surface area contributed by atoms with Gasteiger partial charge in [0.25, 0.3) is 0 Å². The number of aryl methyl sites for hydroxylation is 1. The summed E-state index contributed by atoms with van der Waals surface area (Å²) < 4.78 is 39.4. The summed E-state index contributed by atoms with van der Waals surface area (Å²) in [6.45, 7) is 0. The quantitative estimate of drug-likeness (QED) is 0.255. The number of anilines is 2. The maximum Gasteiger partial charge on any atom is 0.416 e. The molecule has 0 saturated heterocycles. The van der Waals surface area contributed by atoms with E-state index in [-0.39, 0.29) is 5.69 Å². The van der Waals surface area contributed by atoms with Gasteiger partial charge in [0, 0.05) is 22.5 Å². The standard InChI is InChI=1S/C19H14F3N5OS3/c20-19(21,22)11-2-1-3-12(8-11)26-17(28)27-18-23-9-13(31-18)4-6-30-16-15-14(5-7-29-15)24-10-25-16/h1-3,5,7-10H,4,6H2,(H2,23,26,27,28). The molecule has 0 aliphatic carbocycles. The number of hydrogen-bond donors (Lipinski definition) is 2. The van der Waals surface area contributed by atoms with Crippen molar-refractivity contribution < 1.29 is 18.0 Å². The maximum atomic E-state index is 12.8. The number of thiophene rings is 1. The number of nitrogens with one attached hydrogen (secondary N) is 2. The van der Waals surface area contributed by atoms with Crippen LogP contribution < -0.4 is 10.6 Å². The number of amides is 2. The lowest BCUT2D eigenvalue weighted by atomic mass is 10.2. The van der Waals surface area contributed by atoms with Gasteiger partial charge in [-0.15, -0.1) is 34.4 Å². The molecule has 6 nitrogen and oxygen atoms in total. The van der Waals surface area contributed by atoms with Crippen LogP contribution in [-0.4, -0.2) is 26.7 Å². The lowest BCUT2D eigenvalue weighted by molar-refractivity contribution is -0.137. The van der Waals surface area contributed by atoms with E-state index in [9.17, 15) is 18.0 Å². The highest BCUT2D eigenvalue weighted by Crippen LogP contribution is 2.31. The van der Waals surface area contributed by atoms with Gasteiger partial charge in [0.1, 0.15) is 11.4 Å². The van der Waals surface area contributed by atoms with Crippen LogP contribution in [0, 0.1) is 0 Å². The molecule has 3 aromatic heterocycles. The Hall–Kier alpha value is -2.70. The second-order valence-electron chi connectivity index (χ2n) is 6.20. The van der Waals surface area contributed by atoms with Crippen LogP contribution in [0.5, 0.6) is 0 Å². The minimum atomic E-state index is -4.47. The number of aromatic nitrogens is 3. The number of rotatable bonds is 6. The number of fused-ring (bicyclic) bond motifs is 1. The first-order valence-electron chi connectivity index (χ1n) is 8.89. The topological polar surface area (TPSA) is 79.8 Å². The van der Waals surface area contributed by atoms with Crippen molar-refractivity contribution in [3.05, 3.63) is 58.7 Å². The lowest BCUT2D eigenvalue weighted by Gasteiger charge is -2.09. The summed E-state index contributed by atoms with van der Waals surface area (Å²) in [6.07, 6.45) is -0.519. The molecule has 0 saturated carbocycles. The van der Waals surface area contributed by atoms with Gasteiger partial charge in [-0.2, -0.15) is 13.2 Å². The fraction of sp³-hybridized carbons (Fsp3) is 0.158. The molecular formula is C19H14F3N5OS3. The van der Waals surface area contributed by atoms with Crippen molar-refractivity contribution in [2.75, 3.05) is 16.4 Å². The molecule has 4 aromatic rings. The molecule has 31 heavy (non-hydrogen) atoms. The predicted octanol–water partition coefficient (Wildman–Crippen LogP) is 6.15. The number of thiazole rings is 1. The molecule has 2 amide bonds. The summed E-state index contributed by atoms with van der Waals surface area (Å²) >= 11 is 4.54. The molecule has 160 valence electrons. The Balaban J connectivity index is 1.30. The van der Waals surface area contributed by atoms with E-state index >= 15 is 0 Å². The number of carbonyl (C=O) groups excluding carboxylic acids is 1. The average Bonchev–Trinajstić information content (AvgIpc) is 3.37. The van der Waals surface area contributed by atoms with Gasteiger partial charge >= 0.3 is 12.2 Å². The Morgan fingerprint density at radius 1 is 1.13 bits per heavy atom. The van der Waals surface area contributed by atoms with Crippen molar-refractivity contribution in [3.8, 4) is 0 Å². The maximum absolute atomic E-state index is 12.8. The van der Waals surface area contributed by atoms with E-state index < -0.39 is 17.8 Å². The van der Waals surface area contributed by atoms with E-state index in [1.54, 1.807) is 35.6 Å². The molecule has 0 unspecified atom stereocenters. The molecule has 2 N–H and O–H groups in total. The van der Waals surface area contributed by atoms with Gasteiger partial charge in [-0.25, -0.2) is 19.7 Å². The van der Waals surface area contributed by atoms with Crippen LogP contribution in [0.15, 0.2) is 53.3 Å². The van der Waals surface area contributed by atoms with Gasteiger partial charge in [-0.1, -0.05) is 6.07 Å². The fourth-order valence-corrected chi connectivity index (χ4v) is 5.49. The largest absolute Gasteiger partial charge is 0.416 e. The van der Waals surface area contributed by atoms with Gasteiger partial charge in [0.15, 0.2) is 5.13 Å². The highest BCUT2D eigenvalue weighted by Gasteiger charge is 2.30. The first-order valence-corrected chi connectivity index (χ1v) is 11.6. The normalized spacial score (nSPS) is 11.6. The highest BCUT2D eigenvalue weighted by atomic mass is 32.2. The molecule has 0 bridgehead atoms. The van der Waals surface area contributed by atoms with Crippen LogP contribution in [0.2, 0.25) is 0 Å². The Bertz CT molecular complexity index is 1210. The zero-order chi connectivity index (χ0) is 21.8. The van der Waals surface area contributed by atoms with Crippen LogP contribution >= 0.6 is 34.4 Å². The molecule has 0 fully saturated rings. The van der Waals surface area contributed by atoms with E-state index in [2.05, 4.69) is 25.6 Å². The summed E-state index contributed by atoms with van der Waals surface area (Å²) in [6, 6.07) is 5.74. The zero-order valence-electron chi connectivity index (χ0n) is 15.6. The third-order valence-electron chi connectivity index (χ3n) is 4.02. The molecule has 0 atom stereocenters. The molecule has 3 heterocycles. The molecule has 12 heteroatoms. The van der Waals surface area contributed by atoms with Crippen molar-refractivity contribution in [3.63, 3.8) is 0 Å². The highest BCUT2D eigenvalue weighted by molar-refractivity contribution is 7.99. The number of urea groups is 1. The first kappa shape index (κ1) is 21.5. The third kappa shape index (κ3) is 5.51. The fourth-order valence-electron chi connectivity index (χ4n) is 2.63. The molecule has 0 spiro atoms. The molecule has 0 radical (unpaired) electrons. The second kappa shape index (κ2) is 9.20. The Morgan fingerprint density at radius 2 is 2.00 bits per heavy atom. The van der Waals surface area contributed by atoms with Crippen LogP contribution in [0.1, 0.15) is 10.4 Å². The molecule has 0 aliphatic heterocycles. The van der Waals surface area contributed by atoms with Crippen LogP contribution in [-0.2, 0) is 12.6 Å². The van der Waals surface area contributed by atoms with Crippen molar-refractivity contribution in [2.24, 2.45) is 0 Å². The van der Waals surface area contributed by atoms with Crippen LogP contribution in [0.4, 0.5) is 28.8 Å². The molecular weight excluding hydrogens is 467 g/mol. The van der Waals surface area contributed by atoms with Gasteiger partial charge in [0.05, 0.1) is 15.8 Å².